The molecule has 14 heavy (non-hydrogen) atoms. The van der Waals surface area contributed by atoms with Crippen molar-refractivity contribution >= 4 is 0 Å². The van der Waals surface area contributed by atoms with E-state index in [9.17, 15) is 4.39 Å². The van der Waals surface area contributed by atoms with Crippen LogP contribution in [0.15, 0.2) is 36.4 Å². The van der Waals surface area contributed by atoms with Gasteiger partial charge in [0.05, 0.1) is 0 Å². The van der Waals surface area contributed by atoms with Gasteiger partial charge in [-0.1, -0.05) is 24.3 Å². The number of hydrogen-bond acceptors (Lipinski definition) is 1. The fraction of sp³-hybridized carbons (Fsp3) is 0.333. The zero-order valence-corrected chi connectivity index (χ0v) is 8.68. The van der Waals surface area contributed by atoms with Crippen LogP contribution in [0.2, 0.25) is 0 Å². The zero-order valence-electron chi connectivity index (χ0n) is 8.68. The molecule has 1 rings (SSSR count). The van der Waals surface area contributed by atoms with Crippen LogP contribution in [0.3, 0.4) is 0 Å². The van der Waals surface area contributed by atoms with Gasteiger partial charge in [-0.25, -0.2) is 4.39 Å². The SMILES string of the molecule is C=C(C)C(Cc1cccc(F)c1)NC. The minimum absolute atomic E-state index is 0.181. The molecular weight excluding hydrogens is 177 g/mol. The Bertz CT molecular complexity index is 320. The molecule has 76 valence electrons. The number of benzene rings is 1. The maximum Gasteiger partial charge on any atom is 0.123 e. The van der Waals surface area contributed by atoms with E-state index in [-0.39, 0.29) is 11.9 Å². The molecule has 0 radical (unpaired) electrons. The standard InChI is InChI=1S/C12H16FN/c1-9(2)12(14-3)8-10-5-4-6-11(13)7-10/h4-7,12,14H,1,8H2,2-3H3. The zero-order chi connectivity index (χ0) is 10.6. The van der Waals surface area contributed by atoms with E-state index in [0.717, 1.165) is 17.6 Å². The number of hydrogen-bond donors (Lipinski definition) is 1. The van der Waals surface area contributed by atoms with Gasteiger partial charge in [-0.3, -0.25) is 0 Å². The Labute approximate surface area is 84.6 Å². The summed E-state index contributed by atoms with van der Waals surface area (Å²) in [5.41, 5.74) is 2.06. The molecule has 0 aliphatic rings. The van der Waals surface area contributed by atoms with Crippen molar-refractivity contribution in [2.24, 2.45) is 0 Å². The second-order valence-electron chi connectivity index (χ2n) is 3.52. The van der Waals surface area contributed by atoms with E-state index in [0.29, 0.717) is 0 Å². The van der Waals surface area contributed by atoms with Crippen LogP contribution in [0.25, 0.3) is 0 Å². The van der Waals surface area contributed by atoms with Crippen molar-refractivity contribution in [3.63, 3.8) is 0 Å². The fourth-order valence-corrected chi connectivity index (χ4v) is 1.42. The molecule has 0 heterocycles. The van der Waals surface area contributed by atoms with Crippen molar-refractivity contribution in [3.8, 4) is 0 Å². The monoisotopic (exact) mass is 193 g/mol. The van der Waals surface area contributed by atoms with E-state index in [2.05, 4.69) is 11.9 Å². The largest absolute Gasteiger partial charge is 0.313 e. The molecule has 0 spiro atoms. The number of nitrogens with one attached hydrogen (secondary N) is 1. The van der Waals surface area contributed by atoms with E-state index in [1.807, 2.05) is 20.0 Å². The lowest BCUT2D eigenvalue weighted by Gasteiger charge is -2.15. The van der Waals surface area contributed by atoms with Gasteiger partial charge in [0.1, 0.15) is 5.82 Å². The van der Waals surface area contributed by atoms with Crippen molar-refractivity contribution in [2.75, 3.05) is 7.05 Å². The van der Waals surface area contributed by atoms with Gasteiger partial charge >= 0.3 is 0 Å². The average molecular weight is 193 g/mol. The first-order chi connectivity index (χ1) is 6.63. The lowest BCUT2D eigenvalue weighted by atomic mass is 10.0. The lowest BCUT2D eigenvalue weighted by molar-refractivity contribution is 0.611. The summed E-state index contributed by atoms with van der Waals surface area (Å²) in [4.78, 5) is 0. The molecule has 2 heteroatoms. The van der Waals surface area contributed by atoms with Crippen LogP contribution >= 0.6 is 0 Å². The van der Waals surface area contributed by atoms with Crippen molar-refractivity contribution in [3.05, 3.63) is 47.8 Å². The predicted molar refractivity (Wildman–Crippen MR) is 57.8 cm³/mol. The molecule has 1 unspecified atom stereocenters. The highest BCUT2D eigenvalue weighted by molar-refractivity contribution is 5.20. The molecule has 0 fully saturated rings. The van der Waals surface area contributed by atoms with Crippen LogP contribution in [0.4, 0.5) is 4.39 Å². The summed E-state index contributed by atoms with van der Waals surface area (Å²) < 4.78 is 12.9. The van der Waals surface area contributed by atoms with Gasteiger partial charge < -0.3 is 5.32 Å². The van der Waals surface area contributed by atoms with Gasteiger partial charge in [0.25, 0.3) is 0 Å². The van der Waals surface area contributed by atoms with Gasteiger partial charge in [0, 0.05) is 6.04 Å². The molecule has 0 aliphatic heterocycles. The Morgan fingerprint density at radius 3 is 2.79 bits per heavy atom. The topological polar surface area (TPSA) is 12.0 Å². The van der Waals surface area contributed by atoms with Gasteiger partial charge in [-0.05, 0) is 38.1 Å². The molecular formula is C12H16FN. The molecule has 0 bridgehead atoms. The van der Waals surface area contributed by atoms with Crippen LogP contribution < -0.4 is 5.32 Å². The molecule has 0 amide bonds. The molecule has 0 aromatic heterocycles. The molecule has 1 nitrogen and oxygen atoms in total. The smallest absolute Gasteiger partial charge is 0.123 e. The van der Waals surface area contributed by atoms with Crippen molar-refractivity contribution in [1.82, 2.24) is 5.32 Å². The summed E-state index contributed by atoms with van der Waals surface area (Å²) in [6, 6.07) is 6.90. The maximum absolute atomic E-state index is 12.9. The highest BCUT2D eigenvalue weighted by Crippen LogP contribution is 2.09. The van der Waals surface area contributed by atoms with E-state index in [1.54, 1.807) is 12.1 Å². The Balaban J connectivity index is 2.72. The third kappa shape index (κ3) is 2.96. The number of halogens is 1. The van der Waals surface area contributed by atoms with Crippen molar-refractivity contribution in [2.45, 2.75) is 19.4 Å². The van der Waals surface area contributed by atoms with E-state index >= 15 is 0 Å². The second kappa shape index (κ2) is 4.91. The molecule has 1 aromatic carbocycles. The average Bonchev–Trinajstić information content (AvgIpc) is 2.14. The van der Waals surface area contributed by atoms with Crippen LogP contribution in [-0.2, 0) is 6.42 Å². The maximum atomic E-state index is 12.9. The summed E-state index contributed by atoms with van der Waals surface area (Å²) >= 11 is 0. The number of rotatable bonds is 4. The summed E-state index contributed by atoms with van der Waals surface area (Å²) in [6.07, 6.45) is 0.781. The highest BCUT2D eigenvalue weighted by Gasteiger charge is 2.07. The molecule has 1 N–H and O–H groups in total. The first kappa shape index (κ1) is 10.9. The predicted octanol–water partition coefficient (Wildman–Crippen LogP) is 2.53. The summed E-state index contributed by atoms with van der Waals surface area (Å²) in [7, 11) is 1.89. The third-order valence-electron chi connectivity index (χ3n) is 2.27. The Morgan fingerprint density at radius 2 is 2.29 bits per heavy atom. The molecule has 0 aliphatic carbocycles. The normalized spacial score (nSPS) is 12.5. The molecule has 1 aromatic rings. The summed E-state index contributed by atoms with van der Waals surface area (Å²) in [5.74, 6) is -0.181. The van der Waals surface area contributed by atoms with Gasteiger partial charge in [0.2, 0.25) is 0 Å². The Kier molecular flexibility index (Phi) is 3.84. The first-order valence-electron chi connectivity index (χ1n) is 4.70. The van der Waals surface area contributed by atoms with Crippen LogP contribution in [-0.4, -0.2) is 13.1 Å². The van der Waals surface area contributed by atoms with Gasteiger partial charge in [-0.15, -0.1) is 0 Å². The van der Waals surface area contributed by atoms with E-state index in [1.165, 1.54) is 6.07 Å². The quantitative estimate of drug-likeness (QED) is 0.724. The molecule has 1 atom stereocenters. The van der Waals surface area contributed by atoms with Crippen LogP contribution in [0.5, 0.6) is 0 Å². The Morgan fingerprint density at radius 1 is 1.57 bits per heavy atom. The molecule has 0 saturated heterocycles. The van der Waals surface area contributed by atoms with Crippen LogP contribution in [0, 0.1) is 5.82 Å². The van der Waals surface area contributed by atoms with Crippen molar-refractivity contribution < 1.29 is 4.39 Å². The van der Waals surface area contributed by atoms with Crippen LogP contribution in [0.1, 0.15) is 12.5 Å². The minimum atomic E-state index is -0.181. The first-order valence-corrected chi connectivity index (χ1v) is 4.70. The van der Waals surface area contributed by atoms with E-state index in [4.69, 9.17) is 0 Å². The lowest BCUT2D eigenvalue weighted by Crippen LogP contribution is -2.28. The summed E-state index contributed by atoms with van der Waals surface area (Å²) in [6.45, 7) is 5.86. The van der Waals surface area contributed by atoms with Crippen molar-refractivity contribution in [1.29, 1.82) is 0 Å². The van der Waals surface area contributed by atoms with Gasteiger partial charge in [0.15, 0.2) is 0 Å². The van der Waals surface area contributed by atoms with E-state index < -0.39 is 0 Å². The highest BCUT2D eigenvalue weighted by atomic mass is 19.1. The minimum Gasteiger partial charge on any atom is -0.313 e. The van der Waals surface area contributed by atoms with Gasteiger partial charge in [-0.2, -0.15) is 0 Å². The summed E-state index contributed by atoms with van der Waals surface area (Å²) in [5, 5.41) is 3.15. The fourth-order valence-electron chi connectivity index (χ4n) is 1.42. The number of likely N-dealkylation sites (N-methyl/N-ethyl adjacent to an activating group) is 1. The molecule has 0 saturated carbocycles. The Hall–Kier alpha value is -1.15. The second-order valence-corrected chi connectivity index (χ2v) is 3.52. The third-order valence-corrected chi connectivity index (χ3v) is 2.27.